The SMILES string of the molecule is CCOC(=O)c1ccc2sc(NC(=O)COc3c(-c4ccccc4Cl)oc4ccc(Cl)cc4c3=O)nc2c1. The van der Waals surface area contributed by atoms with E-state index in [0.29, 0.717) is 37.4 Å². The van der Waals surface area contributed by atoms with Crippen LogP contribution in [-0.4, -0.2) is 30.1 Å². The summed E-state index contributed by atoms with van der Waals surface area (Å²) in [5.41, 5.74) is 1.12. The lowest BCUT2D eigenvalue weighted by Gasteiger charge is -2.12. The second kappa shape index (κ2) is 10.8. The van der Waals surface area contributed by atoms with Gasteiger partial charge in [-0.05, 0) is 55.5 Å². The van der Waals surface area contributed by atoms with Crippen LogP contribution in [0, 0.1) is 0 Å². The third kappa shape index (κ3) is 5.22. The molecule has 0 fully saturated rings. The van der Waals surface area contributed by atoms with E-state index in [0.717, 1.165) is 4.70 Å². The Labute approximate surface area is 229 Å². The van der Waals surface area contributed by atoms with Gasteiger partial charge in [0.15, 0.2) is 17.5 Å². The molecule has 0 saturated carbocycles. The number of hydrogen-bond acceptors (Lipinski definition) is 8. The molecule has 2 aromatic heterocycles. The standard InChI is InChI=1S/C27H18Cl2N2O6S/c1-2-35-26(34)14-7-10-21-19(11-14)30-27(38-21)31-22(32)13-36-25-23(33)17-12-15(28)8-9-20(17)37-24(25)16-5-3-4-6-18(16)29/h3-12H,2,13H2,1H3,(H,30,31,32). The van der Waals surface area contributed by atoms with Crippen molar-refractivity contribution in [3.63, 3.8) is 0 Å². The van der Waals surface area contributed by atoms with Crippen LogP contribution < -0.4 is 15.5 Å². The number of esters is 1. The van der Waals surface area contributed by atoms with Gasteiger partial charge < -0.3 is 13.9 Å². The van der Waals surface area contributed by atoms with Crippen LogP contribution in [0.2, 0.25) is 10.0 Å². The first-order chi connectivity index (χ1) is 18.3. The predicted octanol–water partition coefficient (Wildman–Crippen LogP) is 6.57. The lowest BCUT2D eigenvalue weighted by atomic mass is 10.1. The molecule has 5 rings (SSSR count). The third-order valence-electron chi connectivity index (χ3n) is 5.42. The highest BCUT2D eigenvalue weighted by molar-refractivity contribution is 7.22. The molecular formula is C27H18Cl2N2O6S. The lowest BCUT2D eigenvalue weighted by molar-refractivity contribution is -0.118. The van der Waals surface area contributed by atoms with Crippen molar-refractivity contribution in [1.29, 1.82) is 0 Å². The summed E-state index contributed by atoms with van der Waals surface area (Å²) in [5, 5.41) is 3.86. The van der Waals surface area contributed by atoms with E-state index in [1.54, 1.807) is 61.5 Å². The van der Waals surface area contributed by atoms with Crippen LogP contribution in [0.1, 0.15) is 17.3 Å². The number of amides is 1. The predicted molar refractivity (Wildman–Crippen MR) is 148 cm³/mol. The van der Waals surface area contributed by atoms with E-state index in [1.165, 1.54) is 17.4 Å². The number of nitrogens with one attached hydrogen (secondary N) is 1. The summed E-state index contributed by atoms with van der Waals surface area (Å²) in [7, 11) is 0. The first kappa shape index (κ1) is 25.7. The molecule has 2 heterocycles. The molecule has 0 bridgehead atoms. The van der Waals surface area contributed by atoms with Crippen molar-refractivity contribution in [1.82, 2.24) is 4.98 Å². The number of carbonyl (C=O) groups is 2. The zero-order chi connectivity index (χ0) is 26.8. The number of anilines is 1. The van der Waals surface area contributed by atoms with E-state index >= 15 is 0 Å². The summed E-state index contributed by atoms with van der Waals surface area (Å²) in [4.78, 5) is 42.4. The Kier molecular flexibility index (Phi) is 7.33. The van der Waals surface area contributed by atoms with Gasteiger partial charge in [-0.15, -0.1) is 0 Å². The zero-order valence-corrected chi connectivity index (χ0v) is 22.1. The van der Waals surface area contributed by atoms with Crippen molar-refractivity contribution >= 4 is 72.7 Å². The van der Waals surface area contributed by atoms with E-state index < -0.39 is 23.9 Å². The number of carbonyl (C=O) groups excluding carboxylic acids is 2. The van der Waals surface area contributed by atoms with Gasteiger partial charge in [0.2, 0.25) is 11.2 Å². The average Bonchev–Trinajstić information content (AvgIpc) is 3.30. The van der Waals surface area contributed by atoms with Gasteiger partial charge in [-0.1, -0.05) is 46.7 Å². The molecule has 38 heavy (non-hydrogen) atoms. The zero-order valence-electron chi connectivity index (χ0n) is 19.7. The summed E-state index contributed by atoms with van der Waals surface area (Å²) >= 11 is 13.7. The average molecular weight is 569 g/mol. The fraction of sp³-hybridized carbons (Fsp3) is 0.111. The molecular weight excluding hydrogens is 551 g/mol. The summed E-state index contributed by atoms with van der Waals surface area (Å²) in [6, 6.07) is 16.4. The summed E-state index contributed by atoms with van der Waals surface area (Å²) < 4.78 is 17.5. The number of nitrogens with zero attached hydrogens (tertiary/aromatic N) is 1. The Morgan fingerprint density at radius 3 is 2.68 bits per heavy atom. The normalized spacial score (nSPS) is 11.0. The van der Waals surface area contributed by atoms with Crippen molar-refractivity contribution in [2.24, 2.45) is 0 Å². The number of halogens is 2. The highest BCUT2D eigenvalue weighted by atomic mass is 35.5. The first-order valence-electron chi connectivity index (χ1n) is 11.4. The highest BCUT2D eigenvalue weighted by Crippen LogP contribution is 2.36. The summed E-state index contributed by atoms with van der Waals surface area (Å²) in [5.74, 6) is -1.09. The molecule has 0 aliphatic heterocycles. The van der Waals surface area contributed by atoms with Gasteiger partial charge >= 0.3 is 5.97 Å². The van der Waals surface area contributed by atoms with Crippen LogP contribution in [0.25, 0.3) is 32.5 Å². The van der Waals surface area contributed by atoms with Crippen molar-refractivity contribution in [3.05, 3.63) is 86.5 Å². The molecule has 8 nitrogen and oxygen atoms in total. The van der Waals surface area contributed by atoms with Gasteiger partial charge in [0, 0.05) is 10.6 Å². The minimum Gasteiger partial charge on any atom is -0.476 e. The molecule has 0 unspecified atom stereocenters. The molecule has 1 N–H and O–H groups in total. The number of thiazole rings is 1. The molecule has 0 aliphatic carbocycles. The monoisotopic (exact) mass is 568 g/mol. The lowest BCUT2D eigenvalue weighted by Crippen LogP contribution is -2.22. The van der Waals surface area contributed by atoms with Crippen LogP contribution in [0.15, 0.2) is 69.9 Å². The Balaban J connectivity index is 1.41. The van der Waals surface area contributed by atoms with Crippen LogP contribution in [-0.2, 0) is 9.53 Å². The molecule has 0 radical (unpaired) electrons. The molecule has 3 aromatic carbocycles. The number of fused-ring (bicyclic) bond motifs is 2. The third-order valence-corrected chi connectivity index (χ3v) is 6.94. The molecule has 0 atom stereocenters. The first-order valence-corrected chi connectivity index (χ1v) is 12.9. The van der Waals surface area contributed by atoms with Gasteiger partial charge in [-0.3, -0.25) is 14.9 Å². The smallest absolute Gasteiger partial charge is 0.338 e. The van der Waals surface area contributed by atoms with Crippen molar-refractivity contribution in [2.75, 3.05) is 18.5 Å². The Morgan fingerprint density at radius 1 is 1.08 bits per heavy atom. The molecule has 1 amide bonds. The second-order valence-electron chi connectivity index (χ2n) is 7.97. The van der Waals surface area contributed by atoms with E-state index in [1.807, 2.05) is 0 Å². The van der Waals surface area contributed by atoms with Gasteiger partial charge in [0.05, 0.1) is 32.8 Å². The van der Waals surface area contributed by atoms with E-state index in [-0.39, 0.29) is 23.5 Å². The van der Waals surface area contributed by atoms with E-state index in [2.05, 4.69) is 10.3 Å². The van der Waals surface area contributed by atoms with Crippen LogP contribution >= 0.6 is 34.5 Å². The topological polar surface area (TPSA) is 108 Å². The van der Waals surface area contributed by atoms with Crippen LogP contribution in [0.3, 0.4) is 0 Å². The Morgan fingerprint density at radius 2 is 1.89 bits per heavy atom. The fourth-order valence-corrected chi connectivity index (χ4v) is 4.98. The quantitative estimate of drug-likeness (QED) is 0.221. The molecule has 192 valence electrons. The number of benzene rings is 3. The van der Waals surface area contributed by atoms with E-state index in [9.17, 15) is 14.4 Å². The summed E-state index contributed by atoms with van der Waals surface area (Å²) in [6.07, 6.45) is 0. The molecule has 11 heteroatoms. The van der Waals surface area contributed by atoms with Crippen molar-refractivity contribution < 1.29 is 23.5 Å². The highest BCUT2D eigenvalue weighted by Gasteiger charge is 2.21. The molecule has 0 spiro atoms. The number of rotatable bonds is 7. The van der Waals surface area contributed by atoms with Crippen molar-refractivity contribution in [2.45, 2.75) is 6.92 Å². The van der Waals surface area contributed by atoms with Gasteiger partial charge in [-0.25, -0.2) is 9.78 Å². The fourth-order valence-electron chi connectivity index (χ4n) is 3.72. The summed E-state index contributed by atoms with van der Waals surface area (Å²) in [6.45, 7) is 1.48. The van der Waals surface area contributed by atoms with Gasteiger partial charge in [-0.2, -0.15) is 0 Å². The molecule has 5 aromatic rings. The minimum atomic E-state index is -0.551. The maximum atomic E-state index is 13.3. The van der Waals surface area contributed by atoms with Gasteiger partial charge in [0.1, 0.15) is 5.58 Å². The molecule has 0 saturated heterocycles. The largest absolute Gasteiger partial charge is 0.476 e. The minimum absolute atomic E-state index is 0.0923. The van der Waals surface area contributed by atoms with Crippen LogP contribution in [0.4, 0.5) is 5.13 Å². The Bertz CT molecular complexity index is 1760. The van der Waals surface area contributed by atoms with E-state index in [4.69, 9.17) is 37.1 Å². The van der Waals surface area contributed by atoms with Crippen LogP contribution in [0.5, 0.6) is 5.75 Å². The molecule has 0 aliphatic rings. The second-order valence-corrected chi connectivity index (χ2v) is 9.84. The van der Waals surface area contributed by atoms with Crippen molar-refractivity contribution in [3.8, 4) is 17.1 Å². The number of ether oxygens (including phenoxy) is 2. The maximum Gasteiger partial charge on any atom is 0.338 e. The Hall–Kier alpha value is -3.92. The van der Waals surface area contributed by atoms with Gasteiger partial charge in [0.25, 0.3) is 5.91 Å². The number of aromatic nitrogens is 1. The number of hydrogen-bond donors (Lipinski definition) is 1. The maximum absolute atomic E-state index is 13.3.